The zero-order valence-corrected chi connectivity index (χ0v) is 11.4. The van der Waals surface area contributed by atoms with Crippen LogP contribution in [0.15, 0.2) is 41.0 Å². The molecule has 1 unspecified atom stereocenters. The van der Waals surface area contributed by atoms with Gasteiger partial charge < -0.3 is 14.4 Å². The van der Waals surface area contributed by atoms with Gasteiger partial charge in [-0.1, -0.05) is 0 Å². The molecule has 1 aromatic heterocycles. The van der Waals surface area contributed by atoms with E-state index in [4.69, 9.17) is 4.42 Å². The summed E-state index contributed by atoms with van der Waals surface area (Å²) < 4.78 is 18.8. The lowest BCUT2D eigenvalue weighted by Crippen LogP contribution is -2.26. The molecule has 0 bridgehead atoms. The molecule has 1 aliphatic rings. The van der Waals surface area contributed by atoms with Gasteiger partial charge in [-0.2, -0.15) is 0 Å². The number of benzene rings is 1. The van der Waals surface area contributed by atoms with E-state index in [0.29, 0.717) is 18.2 Å². The van der Waals surface area contributed by atoms with E-state index in [2.05, 4.69) is 4.90 Å². The maximum atomic E-state index is 13.4. The number of nitrogens with zero attached hydrogens (tertiary/aromatic N) is 1. The van der Waals surface area contributed by atoms with Gasteiger partial charge >= 0.3 is 0 Å². The van der Waals surface area contributed by atoms with Crippen molar-refractivity contribution in [3.05, 3.63) is 53.7 Å². The van der Waals surface area contributed by atoms with Crippen LogP contribution >= 0.6 is 0 Å². The van der Waals surface area contributed by atoms with Gasteiger partial charge in [0.15, 0.2) is 0 Å². The van der Waals surface area contributed by atoms with Gasteiger partial charge in [0.1, 0.15) is 11.6 Å². The average molecular weight is 275 g/mol. The molecule has 1 heterocycles. The molecule has 4 heteroatoms. The Morgan fingerprint density at radius 2 is 2.20 bits per heavy atom. The molecule has 3 nitrogen and oxygen atoms in total. The first-order chi connectivity index (χ1) is 9.65. The Hall–Kier alpha value is -1.81. The molecule has 0 aliphatic heterocycles. The van der Waals surface area contributed by atoms with Gasteiger partial charge in [-0.3, -0.25) is 0 Å². The van der Waals surface area contributed by atoms with E-state index in [-0.39, 0.29) is 5.82 Å². The summed E-state index contributed by atoms with van der Waals surface area (Å²) in [4.78, 5) is 2.19. The number of anilines is 1. The lowest BCUT2D eigenvalue weighted by atomic mass is 10.1. The van der Waals surface area contributed by atoms with Crippen LogP contribution in [0.25, 0.3) is 0 Å². The van der Waals surface area contributed by atoms with Crippen LogP contribution in [0.5, 0.6) is 0 Å². The summed E-state index contributed by atoms with van der Waals surface area (Å²) in [5.41, 5.74) is 1.52. The molecule has 3 rings (SSSR count). The molecule has 0 amide bonds. The van der Waals surface area contributed by atoms with Gasteiger partial charge in [-0.15, -0.1) is 0 Å². The van der Waals surface area contributed by atoms with Crippen molar-refractivity contribution in [3.63, 3.8) is 0 Å². The molecule has 1 aliphatic carbocycles. The van der Waals surface area contributed by atoms with E-state index in [1.165, 1.54) is 12.1 Å². The Kier molecular flexibility index (Phi) is 3.49. The van der Waals surface area contributed by atoms with Crippen molar-refractivity contribution in [2.24, 2.45) is 0 Å². The largest absolute Gasteiger partial charge is 0.467 e. The zero-order chi connectivity index (χ0) is 14.1. The number of aliphatic hydroxyl groups is 1. The molecule has 1 atom stereocenters. The minimum Gasteiger partial charge on any atom is -0.467 e. The molecule has 106 valence electrons. The van der Waals surface area contributed by atoms with Crippen LogP contribution in [0.3, 0.4) is 0 Å². The van der Waals surface area contributed by atoms with Crippen LogP contribution < -0.4 is 4.90 Å². The number of halogens is 1. The fraction of sp³-hybridized carbons (Fsp3) is 0.375. The molecule has 1 fully saturated rings. The third-order valence-corrected chi connectivity index (χ3v) is 3.64. The summed E-state index contributed by atoms with van der Waals surface area (Å²) in [6.07, 6.45) is 3.20. The SMILES string of the molecule is CC(O)c1cc(F)ccc1N(Cc1ccco1)C1CC1. The third kappa shape index (κ3) is 2.70. The van der Waals surface area contributed by atoms with Gasteiger partial charge in [0, 0.05) is 17.3 Å². The normalized spacial score (nSPS) is 16.1. The maximum absolute atomic E-state index is 13.4. The second-order valence-corrected chi connectivity index (χ2v) is 5.32. The van der Waals surface area contributed by atoms with Crippen molar-refractivity contribution in [2.75, 3.05) is 4.90 Å². The molecule has 1 saturated carbocycles. The van der Waals surface area contributed by atoms with Crippen LogP contribution in [-0.4, -0.2) is 11.1 Å². The summed E-state index contributed by atoms with van der Waals surface area (Å²) in [5, 5.41) is 9.89. The maximum Gasteiger partial charge on any atom is 0.123 e. The Labute approximate surface area is 117 Å². The number of rotatable bonds is 5. The topological polar surface area (TPSA) is 36.6 Å². The summed E-state index contributed by atoms with van der Waals surface area (Å²) in [6, 6.07) is 8.85. The summed E-state index contributed by atoms with van der Waals surface area (Å²) >= 11 is 0. The van der Waals surface area contributed by atoms with Gasteiger partial charge in [0.05, 0.1) is 18.9 Å². The Morgan fingerprint density at radius 3 is 2.80 bits per heavy atom. The van der Waals surface area contributed by atoms with Gasteiger partial charge in [0.2, 0.25) is 0 Å². The molecular formula is C16H18FNO2. The smallest absolute Gasteiger partial charge is 0.123 e. The molecule has 2 aromatic rings. The first-order valence-corrected chi connectivity index (χ1v) is 6.91. The summed E-state index contributed by atoms with van der Waals surface area (Å²) in [6.45, 7) is 2.30. The van der Waals surface area contributed by atoms with E-state index in [1.54, 1.807) is 19.3 Å². The first kappa shape index (κ1) is 13.2. The lowest BCUT2D eigenvalue weighted by Gasteiger charge is -2.27. The van der Waals surface area contributed by atoms with E-state index in [1.807, 2.05) is 12.1 Å². The monoisotopic (exact) mass is 275 g/mol. The summed E-state index contributed by atoms with van der Waals surface area (Å²) in [5.74, 6) is 0.552. The standard InChI is InChI=1S/C16H18FNO2/c1-11(19)15-9-12(17)4-7-16(15)18(13-5-6-13)10-14-3-2-8-20-14/h2-4,7-9,11,13,19H,5-6,10H2,1H3. The van der Waals surface area contributed by atoms with Crippen LogP contribution in [-0.2, 0) is 6.54 Å². The molecule has 20 heavy (non-hydrogen) atoms. The molecule has 1 N–H and O–H groups in total. The van der Waals surface area contributed by atoms with Crippen LogP contribution in [0.2, 0.25) is 0 Å². The van der Waals surface area contributed by atoms with Crippen molar-refractivity contribution in [1.82, 2.24) is 0 Å². The Balaban J connectivity index is 1.95. The van der Waals surface area contributed by atoms with E-state index in [9.17, 15) is 9.50 Å². The molecule has 0 saturated heterocycles. The second-order valence-electron chi connectivity index (χ2n) is 5.32. The van der Waals surface area contributed by atoms with Crippen molar-refractivity contribution >= 4 is 5.69 Å². The highest BCUT2D eigenvalue weighted by atomic mass is 19.1. The fourth-order valence-electron chi connectivity index (χ4n) is 2.49. The Morgan fingerprint density at radius 1 is 1.40 bits per heavy atom. The van der Waals surface area contributed by atoms with Gasteiger partial charge in [0.25, 0.3) is 0 Å². The van der Waals surface area contributed by atoms with Gasteiger partial charge in [-0.05, 0) is 50.1 Å². The zero-order valence-electron chi connectivity index (χ0n) is 11.4. The molecule has 0 spiro atoms. The molecule has 0 radical (unpaired) electrons. The predicted octanol–water partition coefficient (Wildman–Crippen LogP) is 3.64. The number of furan rings is 1. The van der Waals surface area contributed by atoms with E-state index >= 15 is 0 Å². The van der Waals surface area contributed by atoms with Crippen LogP contribution in [0.4, 0.5) is 10.1 Å². The second kappa shape index (κ2) is 5.29. The highest BCUT2D eigenvalue weighted by Crippen LogP contribution is 2.37. The summed E-state index contributed by atoms with van der Waals surface area (Å²) in [7, 11) is 0. The lowest BCUT2D eigenvalue weighted by molar-refractivity contribution is 0.199. The highest BCUT2D eigenvalue weighted by molar-refractivity contribution is 5.56. The van der Waals surface area contributed by atoms with Gasteiger partial charge in [-0.25, -0.2) is 4.39 Å². The minimum atomic E-state index is -0.696. The van der Waals surface area contributed by atoms with Crippen molar-refractivity contribution in [2.45, 2.75) is 38.5 Å². The fourth-order valence-corrected chi connectivity index (χ4v) is 2.49. The van der Waals surface area contributed by atoms with E-state index in [0.717, 1.165) is 24.3 Å². The number of hydrogen-bond donors (Lipinski definition) is 1. The predicted molar refractivity (Wildman–Crippen MR) is 74.9 cm³/mol. The molecule has 1 aromatic carbocycles. The molecular weight excluding hydrogens is 257 g/mol. The van der Waals surface area contributed by atoms with Crippen molar-refractivity contribution in [1.29, 1.82) is 0 Å². The van der Waals surface area contributed by atoms with Crippen molar-refractivity contribution in [3.8, 4) is 0 Å². The Bertz CT molecular complexity index is 576. The average Bonchev–Trinajstić information content (AvgIpc) is 3.13. The third-order valence-electron chi connectivity index (χ3n) is 3.64. The minimum absolute atomic E-state index is 0.321. The quantitative estimate of drug-likeness (QED) is 0.905. The number of aliphatic hydroxyl groups excluding tert-OH is 1. The first-order valence-electron chi connectivity index (χ1n) is 6.91. The number of hydrogen-bond acceptors (Lipinski definition) is 3. The van der Waals surface area contributed by atoms with Crippen molar-refractivity contribution < 1.29 is 13.9 Å². The van der Waals surface area contributed by atoms with Crippen LogP contribution in [0, 0.1) is 5.82 Å². The van der Waals surface area contributed by atoms with E-state index < -0.39 is 6.10 Å². The highest BCUT2D eigenvalue weighted by Gasteiger charge is 2.31. The van der Waals surface area contributed by atoms with Crippen LogP contribution in [0.1, 0.15) is 37.2 Å².